The summed E-state index contributed by atoms with van der Waals surface area (Å²) in [7, 11) is -0.767. The first-order valence-electron chi connectivity index (χ1n) is 47.8. The third-order valence-electron chi connectivity index (χ3n) is 30.1. The van der Waals surface area contributed by atoms with E-state index in [-0.39, 0.29) is 61.2 Å². The van der Waals surface area contributed by atoms with Crippen LogP contribution in [0.1, 0.15) is 139 Å². The van der Waals surface area contributed by atoms with Crippen molar-refractivity contribution in [3.8, 4) is 66.8 Å². The molecule has 0 atom stereocenters. The molecule has 680 valence electrons. The van der Waals surface area contributed by atoms with Crippen molar-refractivity contribution in [2.75, 3.05) is 0 Å². The SMILES string of the molecule is CC1(C)c2ccccc2-c2ccc3c(c21)-c1c(c2ccccc2c2ccccc12)C3.CC1(C)c2ccccc2-c2cccc(-c3c([N+](=O)[O-])c4ccccc4c4ccccc34)c21.CC1(C)c2ccccc2-c2cccc(B3OC(C)(C)C(C)(C)O3)c21.CC1(C)c2ccccc2-c2cccc(Br)c21.O=[N+]([O-])c1c(Br)c2ccccc2c2ccccc12.c1ccc(P(c2ccccc2)c2ccccc2)cc1. The number of rotatable bonds is 7. The normalized spacial score (nSPS) is 15.0. The molecule has 0 amide bonds. The van der Waals surface area contributed by atoms with Crippen molar-refractivity contribution in [3.05, 3.63) is 485 Å². The highest BCUT2D eigenvalue weighted by Crippen LogP contribution is 2.60. The van der Waals surface area contributed by atoms with Crippen LogP contribution in [0.4, 0.5) is 11.4 Å². The van der Waals surface area contributed by atoms with Crippen LogP contribution < -0.4 is 21.4 Å². The maximum atomic E-state index is 12.5. The fraction of sp³-hybridized carbons (Fsp3) is 0.150. The van der Waals surface area contributed by atoms with Crippen molar-refractivity contribution in [1.82, 2.24) is 0 Å². The van der Waals surface area contributed by atoms with E-state index in [1.165, 1.54) is 142 Å². The Kier molecular flexibility index (Phi) is 23.6. The zero-order chi connectivity index (χ0) is 96.3. The lowest BCUT2D eigenvalue weighted by Gasteiger charge is -2.32. The predicted molar refractivity (Wildman–Crippen MR) is 591 cm³/mol. The Labute approximate surface area is 831 Å². The van der Waals surface area contributed by atoms with Gasteiger partial charge in [0.05, 0.1) is 37.4 Å². The summed E-state index contributed by atoms with van der Waals surface area (Å²) < 4.78 is 14.4. The van der Waals surface area contributed by atoms with Crippen molar-refractivity contribution in [2.24, 2.45) is 0 Å². The van der Waals surface area contributed by atoms with Gasteiger partial charge in [-0.25, -0.2) is 0 Å². The number of fused-ring (bicyclic) bond motifs is 27. The van der Waals surface area contributed by atoms with Crippen molar-refractivity contribution in [1.29, 1.82) is 0 Å². The molecule has 0 unspecified atom stereocenters. The average Bonchev–Trinajstić information content (AvgIpc) is 1.54. The van der Waals surface area contributed by atoms with Gasteiger partial charge in [0.1, 0.15) is 4.47 Å². The standard InChI is InChI=1S/C30H22.C29H21NO2.C21H25BO2.C18H15P.C15H13Br.C14H8BrNO2/c1-30(2)26-14-8-7-12-22(26)24-16-15-18-17-25-21-11-4-3-9-19(21)20-10-5-6-13-23(20)28(25)27(18)29(24)30;1-29(2)25-17-8-7-12-20(25)22-15-9-16-24(27(22)29)26-21-13-5-3-10-18(21)19-11-4-6-14-23(19)28(26)30(31)32;1-19(2)16-12-8-7-10-14(16)15-11-9-13-17(18(15)19)22-23-20(3,4)21(5,6)24-22;1-4-10-16(11-5-1)19(17-12-6-2-7-13-17)18-14-8-3-9-15-18;1-15(2)12-8-4-3-6-10(12)11-7-5-9-13(16)14(11)15;15-13-11-7-3-1-5-9(11)10-6-2-4-8-12(10)14(13)16(17)18/h3-16H,17H2,1-2H3;3-17H,1-2H3;7-13H,1-6H3;1-15H;3-9H,1-2H3;1-8H. The Hall–Kier alpha value is -13.9. The van der Waals surface area contributed by atoms with Gasteiger partial charge in [-0.15, -0.1) is 0 Å². The van der Waals surface area contributed by atoms with Crippen molar-refractivity contribution < 1.29 is 19.2 Å². The number of hydrogen-bond acceptors (Lipinski definition) is 6. The van der Waals surface area contributed by atoms with Gasteiger partial charge >= 0.3 is 7.12 Å². The molecule has 0 spiro atoms. The molecule has 139 heavy (non-hydrogen) atoms. The minimum atomic E-state index is -0.446. The number of nitro groups is 2. The van der Waals surface area contributed by atoms with Crippen LogP contribution in [-0.4, -0.2) is 28.2 Å². The second-order valence-electron chi connectivity index (χ2n) is 40.0. The fourth-order valence-electron chi connectivity index (χ4n) is 23.1. The van der Waals surface area contributed by atoms with Crippen molar-refractivity contribution in [2.45, 2.75) is 122 Å². The van der Waals surface area contributed by atoms with E-state index in [4.69, 9.17) is 9.31 Å². The largest absolute Gasteiger partial charge is 0.495 e. The van der Waals surface area contributed by atoms with Crippen LogP contribution in [0.15, 0.2) is 409 Å². The van der Waals surface area contributed by atoms with Crippen LogP contribution in [0.25, 0.3) is 131 Å². The summed E-state index contributed by atoms with van der Waals surface area (Å²) in [5, 5.41) is 40.5. The molecule has 26 rings (SSSR count). The monoisotopic (exact) mass is 1950 g/mol. The lowest BCUT2D eigenvalue weighted by atomic mass is 9.68. The van der Waals surface area contributed by atoms with Gasteiger partial charge in [0, 0.05) is 31.5 Å². The number of nitrogens with zero attached hydrogens (tertiary/aromatic N) is 2. The van der Waals surface area contributed by atoms with E-state index in [1.54, 1.807) is 6.07 Å². The lowest BCUT2D eigenvalue weighted by molar-refractivity contribution is -0.383. The van der Waals surface area contributed by atoms with Gasteiger partial charge in [0.2, 0.25) is 0 Å². The zero-order valence-electron chi connectivity index (χ0n) is 79.9. The summed E-state index contributed by atoms with van der Waals surface area (Å²) in [5.41, 5.74) is 29.7. The molecule has 6 aliphatic rings. The Morgan fingerprint density at radius 2 is 0.568 bits per heavy atom. The van der Waals surface area contributed by atoms with E-state index >= 15 is 0 Å². The minimum absolute atomic E-state index is 0.00558. The summed E-state index contributed by atoms with van der Waals surface area (Å²) >= 11 is 7.04. The Balaban J connectivity index is 0.000000101. The van der Waals surface area contributed by atoms with Gasteiger partial charge in [-0.3, -0.25) is 20.2 Å². The van der Waals surface area contributed by atoms with Gasteiger partial charge in [-0.05, 0) is 263 Å². The van der Waals surface area contributed by atoms with Gasteiger partial charge < -0.3 is 9.31 Å². The second kappa shape index (κ2) is 35.8. The summed E-state index contributed by atoms with van der Waals surface area (Å²) in [6, 6.07) is 140. The van der Waals surface area contributed by atoms with Crippen LogP contribution in [0.2, 0.25) is 0 Å². The zero-order valence-corrected chi connectivity index (χ0v) is 84.0. The summed E-state index contributed by atoms with van der Waals surface area (Å²) in [6.45, 7) is 26.9. The molecule has 0 aromatic heterocycles. The number of hydrogen-bond donors (Lipinski definition) is 0. The van der Waals surface area contributed by atoms with Gasteiger partial charge in [-0.2, -0.15) is 0 Å². The summed E-state index contributed by atoms with van der Waals surface area (Å²) in [6.07, 6.45) is 1.02. The van der Waals surface area contributed by atoms with Gasteiger partial charge in [-0.1, -0.05) is 454 Å². The third-order valence-corrected chi connectivity index (χ3v) is 34.0. The molecule has 0 bridgehead atoms. The molecule has 12 heteroatoms. The van der Waals surface area contributed by atoms with Gasteiger partial charge in [0.25, 0.3) is 11.4 Å². The van der Waals surface area contributed by atoms with Crippen molar-refractivity contribution >= 4 is 144 Å². The molecule has 8 nitrogen and oxygen atoms in total. The van der Waals surface area contributed by atoms with Crippen LogP contribution in [0.3, 0.4) is 0 Å². The molecule has 20 aromatic carbocycles. The summed E-state index contributed by atoms with van der Waals surface area (Å²) in [5.74, 6) is 0. The summed E-state index contributed by atoms with van der Waals surface area (Å²) in [4.78, 5) is 23.2. The Morgan fingerprint density at radius 1 is 0.266 bits per heavy atom. The van der Waals surface area contributed by atoms with E-state index in [2.05, 4.69) is 418 Å². The molecule has 1 heterocycles. The average molecular weight is 1960 g/mol. The first-order chi connectivity index (χ1) is 67.1. The highest BCUT2D eigenvalue weighted by atomic mass is 79.9. The van der Waals surface area contributed by atoms with Crippen LogP contribution in [0.5, 0.6) is 0 Å². The fourth-order valence-corrected chi connectivity index (χ4v) is 27.0. The smallest absolute Gasteiger partial charge is 0.399 e. The third kappa shape index (κ3) is 15.5. The van der Waals surface area contributed by atoms with E-state index in [9.17, 15) is 20.2 Å². The quantitative estimate of drug-likeness (QED) is 0.0518. The topological polar surface area (TPSA) is 105 Å². The molecule has 1 saturated heterocycles. The Bertz CT molecular complexity index is 8250. The molecule has 0 saturated carbocycles. The van der Waals surface area contributed by atoms with Crippen LogP contribution in [0, 0.1) is 20.2 Å². The highest BCUT2D eigenvalue weighted by molar-refractivity contribution is 9.11. The molecule has 20 aromatic rings. The van der Waals surface area contributed by atoms with Crippen LogP contribution >= 0.6 is 39.8 Å². The first-order valence-corrected chi connectivity index (χ1v) is 50.7. The number of halogens is 2. The molecule has 1 fully saturated rings. The van der Waals surface area contributed by atoms with E-state index in [1.807, 2.05) is 91.0 Å². The van der Waals surface area contributed by atoms with Crippen molar-refractivity contribution in [3.63, 3.8) is 0 Å². The lowest BCUT2D eigenvalue weighted by Crippen LogP contribution is -2.41. The first kappa shape index (κ1) is 91.5. The molecular weight excluding hydrogens is 1850 g/mol. The maximum Gasteiger partial charge on any atom is 0.495 e. The molecular formula is C127H104BBr2N2O6P. The second-order valence-corrected chi connectivity index (χ2v) is 43.9. The molecule has 0 radical (unpaired) electrons. The predicted octanol–water partition coefficient (Wildman–Crippen LogP) is 32.9. The van der Waals surface area contributed by atoms with E-state index in [0.29, 0.717) is 20.8 Å². The molecule has 1 aliphatic heterocycles. The van der Waals surface area contributed by atoms with Crippen LogP contribution in [-0.2, 0) is 37.4 Å². The minimum Gasteiger partial charge on any atom is -0.399 e. The highest BCUT2D eigenvalue weighted by Gasteiger charge is 2.54. The maximum absolute atomic E-state index is 12.5. The number of nitro benzene ring substituents is 2. The van der Waals surface area contributed by atoms with E-state index < -0.39 is 7.92 Å². The van der Waals surface area contributed by atoms with E-state index in [0.717, 1.165) is 60.9 Å². The Morgan fingerprint density at radius 3 is 1.02 bits per heavy atom. The molecule has 5 aliphatic carbocycles. The molecule has 0 N–H and O–H groups in total. The number of benzene rings is 20. The van der Waals surface area contributed by atoms with Gasteiger partial charge in [0.15, 0.2) is 0 Å².